The van der Waals surface area contributed by atoms with Gasteiger partial charge in [-0.05, 0) is 31.5 Å². The molecule has 1 amide bonds. The van der Waals surface area contributed by atoms with Gasteiger partial charge in [-0.15, -0.1) is 0 Å². The molecule has 2 aromatic carbocycles. The normalized spacial score (nSPS) is 11.4. The molecule has 0 bridgehead atoms. The van der Waals surface area contributed by atoms with E-state index in [0.29, 0.717) is 23.2 Å². The monoisotopic (exact) mass is 469 g/mol. The number of oxime groups is 1. The number of amides is 1. The molecule has 1 atom stereocenters. The molecule has 0 aliphatic rings. The minimum atomic E-state index is -1.10. The molecule has 0 fully saturated rings. The van der Waals surface area contributed by atoms with Gasteiger partial charge in [0.25, 0.3) is 5.91 Å². The first-order valence-electron chi connectivity index (χ1n) is 11.3. The first-order valence-corrected chi connectivity index (χ1v) is 11.3. The quantitative estimate of drug-likeness (QED) is 0.365. The fraction of sp³-hybridized carbons (Fsp3) is 0.346. The summed E-state index contributed by atoms with van der Waals surface area (Å²) in [7, 11) is 1.32. The Bertz CT molecular complexity index is 1120. The zero-order chi connectivity index (χ0) is 25.8. The number of benzene rings is 2. The van der Waals surface area contributed by atoms with Crippen LogP contribution in [0.25, 0.3) is 10.9 Å². The Morgan fingerprint density at radius 3 is 2.21 bits per heavy atom. The first-order chi connectivity index (χ1) is 16.3. The molecule has 8 nitrogen and oxygen atoms in total. The highest BCUT2D eigenvalue weighted by atomic mass is 16.6. The third kappa shape index (κ3) is 6.37. The van der Waals surface area contributed by atoms with E-state index < -0.39 is 18.0 Å². The number of hydrogen-bond donors (Lipinski definition) is 2. The van der Waals surface area contributed by atoms with E-state index >= 15 is 0 Å². The van der Waals surface area contributed by atoms with E-state index in [1.165, 1.54) is 14.0 Å². The van der Waals surface area contributed by atoms with Gasteiger partial charge < -0.3 is 25.0 Å². The zero-order valence-electron chi connectivity index (χ0n) is 21.0. The number of carbonyl (C=O) groups is 2. The SMILES string of the molecule is CC.CC.CO/N=C(/C(N)=O)c1c(C)n(Cc2ccccc2)c2cccc(OC(C)C(=O)O)c12. The molecule has 34 heavy (non-hydrogen) atoms. The summed E-state index contributed by atoms with van der Waals surface area (Å²) in [4.78, 5) is 28.4. The number of rotatable bonds is 8. The molecule has 3 aromatic rings. The second-order valence-corrected chi connectivity index (χ2v) is 6.77. The number of carboxylic acids is 1. The third-order valence-electron chi connectivity index (χ3n) is 4.80. The minimum Gasteiger partial charge on any atom is -0.479 e. The van der Waals surface area contributed by atoms with Crippen molar-refractivity contribution in [1.82, 2.24) is 4.57 Å². The summed E-state index contributed by atoms with van der Waals surface area (Å²) >= 11 is 0. The van der Waals surface area contributed by atoms with E-state index in [0.717, 1.165) is 16.8 Å². The second-order valence-electron chi connectivity index (χ2n) is 6.77. The van der Waals surface area contributed by atoms with Gasteiger partial charge in [0.2, 0.25) is 0 Å². The number of aliphatic carboxylic acids is 1. The number of carbonyl (C=O) groups excluding carboxylic acids is 1. The molecule has 0 aliphatic heterocycles. The van der Waals surface area contributed by atoms with Crippen molar-refractivity contribution < 1.29 is 24.3 Å². The summed E-state index contributed by atoms with van der Waals surface area (Å²) in [5, 5.41) is 13.7. The van der Waals surface area contributed by atoms with Crippen LogP contribution in [0.3, 0.4) is 0 Å². The van der Waals surface area contributed by atoms with Crippen molar-refractivity contribution in [2.24, 2.45) is 10.9 Å². The average molecular weight is 470 g/mol. The summed E-state index contributed by atoms with van der Waals surface area (Å²) < 4.78 is 7.70. The van der Waals surface area contributed by atoms with Crippen LogP contribution in [0.5, 0.6) is 5.75 Å². The van der Waals surface area contributed by atoms with Crippen molar-refractivity contribution in [2.75, 3.05) is 7.11 Å². The lowest BCUT2D eigenvalue weighted by atomic mass is 10.0. The summed E-state index contributed by atoms with van der Waals surface area (Å²) in [5.41, 5.74) is 8.50. The van der Waals surface area contributed by atoms with E-state index in [4.69, 9.17) is 15.3 Å². The Balaban J connectivity index is 0.00000137. The summed E-state index contributed by atoms with van der Waals surface area (Å²) in [6.45, 7) is 11.8. The zero-order valence-corrected chi connectivity index (χ0v) is 21.0. The highest BCUT2D eigenvalue weighted by Gasteiger charge is 2.26. The summed E-state index contributed by atoms with van der Waals surface area (Å²) in [6, 6.07) is 15.1. The first kappa shape index (κ1) is 28.2. The predicted molar refractivity (Wildman–Crippen MR) is 135 cm³/mol. The minimum absolute atomic E-state index is 0.0640. The number of nitrogens with zero attached hydrogens (tertiary/aromatic N) is 2. The Labute approximate surface area is 201 Å². The fourth-order valence-corrected chi connectivity index (χ4v) is 3.40. The molecular weight excluding hydrogens is 434 g/mol. The standard InChI is InChI=1S/C22H23N3O5.2C2H6/c1-13-18(20(21(23)26)24-29-3)19-16(25(13)12-15-8-5-4-6-9-15)10-7-11-17(19)30-14(2)22(27)28;2*1-2/h4-11,14H,12H2,1-3H3,(H2,23,26)(H,27,28);2*1-2H3/b24-20+;;. The van der Waals surface area contributed by atoms with Gasteiger partial charge >= 0.3 is 5.97 Å². The Kier molecular flexibility index (Phi) is 11.3. The summed E-state index contributed by atoms with van der Waals surface area (Å²) in [6.07, 6.45) is -1.09. The highest BCUT2D eigenvalue weighted by molar-refractivity contribution is 6.47. The number of nitrogens with two attached hydrogens (primary N) is 1. The van der Waals surface area contributed by atoms with E-state index in [2.05, 4.69) is 5.16 Å². The van der Waals surface area contributed by atoms with Gasteiger partial charge in [-0.1, -0.05) is 69.2 Å². The van der Waals surface area contributed by atoms with Crippen LogP contribution >= 0.6 is 0 Å². The van der Waals surface area contributed by atoms with Crippen LogP contribution in [0, 0.1) is 6.92 Å². The molecule has 0 saturated carbocycles. The number of hydrogen-bond acceptors (Lipinski definition) is 5. The van der Waals surface area contributed by atoms with Gasteiger partial charge in [-0.2, -0.15) is 0 Å². The molecule has 1 aromatic heterocycles. The Morgan fingerprint density at radius 2 is 1.68 bits per heavy atom. The lowest BCUT2D eigenvalue weighted by Crippen LogP contribution is -2.26. The van der Waals surface area contributed by atoms with Crippen LogP contribution in [0.4, 0.5) is 0 Å². The smallest absolute Gasteiger partial charge is 0.344 e. The molecule has 0 aliphatic carbocycles. The maximum absolute atomic E-state index is 12.2. The van der Waals surface area contributed by atoms with Gasteiger partial charge in [0.05, 0.1) is 10.9 Å². The predicted octanol–water partition coefficient (Wildman–Crippen LogP) is 4.74. The molecule has 3 N–H and O–H groups in total. The van der Waals surface area contributed by atoms with Crippen LogP contribution < -0.4 is 10.5 Å². The number of aromatic nitrogens is 1. The Morgan fingerprint density at radius 1 is 1.06 bits per heavy atom. The van der Waals surface area contributed by atoms with Crippen LogP contribution in [-0.4, -0.2) is 40.5 Å². The van der Waals surface area contributed by atoms with Crippen molar-refractivity contribution >= 4 is 28.5 Å². The fourth-order valence-electron chi connectivity index (χ4n) is 3.40. The molecule has 0 saturated heterocycles. The lowest BCUT2D eigenvalue weighted by Gasteiger charge is -2.13. The second kappa shape index (κ2) is 13.7. The molecule has 1 heterocycles. The average Bonchev–Trinajstić information content (AvgIpc) is 3.12. The van der Waals surface area contributed by atoms with E-state index in [9.17, 15) is 14.7 Å². The number of fused-ring (bicyclic) bond motifs is 1. The molecule has 8 heteroatoms. The largest absolute Gasteiger partial charge is 0.479 e. The van der Waals surface area contributed by atoms with E-state index in [-0.39, 0.29) is 5.71 Å². The molecular formula is C26H35N3O5. The van der Waals surface area contributed by atoms with Crippen molar-refractivity contribution in [3.63, 3.8) is 0 Å². The van der Waals surface area contributed by atoms with Crippen LogP contribution in [0.15, 0.2) is 53.7 Å². The van der Waals surface area contributed by atoms with Gasteiger partial charge in [0.1, 0.15) is 12.9 Å². The Hall–Kier alpha value is -3.81. The van der Waals surface area contributed by atoms with Crippen molar-refractivity contribution in [3.8, 4) is 5.75 Å². The molecule has 0 radical (unpaired) electrons. The molecule has 0 spiro atoms. The number of carboxylic acid groups (broad SMARTS) is 1. The van der Waals surface area contributed by atoms with Gasteiger partial charge in [-0.3, -0.25) is 4.79 Å². The maximum Gasteiger partial charge on any atom is 0.344 e. The van der Waals surface area contributed by atoms with E-state index in [1.807, 2.05) is 75.6 Å². The van der Waals surface area contributed by atoms with Gasteiger partial charge in [-0.25, -0.2) is 4.79 Å². The lowest BCUT2D eigenvalue weighted by molar-refractivity contribution is -0.144. The van der Waals surface area contributed by atoms with Gasteiger partial charge in [0, 0.05) is 17.8 Å². The molecule has 1 unspecified atom stereocenters. The van der Waals surface area contributed by atoms with Crippen molar-refractivity contribution in [2.45, 2.75) is 54.2 Å². The number of primary amides is 1. The van der Waals surface area contributed by atoms with Crippen molar-refractivity contribution in [1.29, 1.82) is 0 Å². The topological polar surface area (TPSA) is 116 Å². The van der Waals surface area contributed by atoms with E-state index in [1.54, 1.807) is 12.1 Å². The van der Waals surface area contributed by atoms with Crippen molar-refractivity contribution in [3.05, 3.63) is 65.4 Å². The number of ether oxygens (including phenoxy) is 1. The maximum atomic E-state index is 12.2. The highest BCUT2D eigenvalue weighted by Crippen LogP contribution is 2.35. The molecule has 184 valence electrons. The molecule has 3 rings (SSSR count). The van der Waals surface area contributed by atoms with Crippen LogP contribution in [-0.2, 0) is 21.0 Å². The van der Waals surface area contributed by atoms with Crippen LogP contribution in [0.2, 0.25) is 0 Å². The third-order valence-corrected chi connectivity index (χ3v) is 4.80. The van der Waals surface area contributed by atoms with Crippen LogP contribution in [0.1, 0.15) is 51.4 Å². The summed E-state index contributed by atoms with van der Waals surface area (Å²) in [5.74, 6) is -1.55. The van der Waals surface area contributed by atoms with Gasteiger partial charge in [0.15, 0.2) is 11.8 Å².